The van der Waals surface area contributed by atoms with Gasteiger partial charge in [0.15, 0.2) is 11.6 Å². The molecule has 0 bridgehead atoms. The van der Waals surface area contributed by atoms with Gasteiger partial charge in [-0.15, -0.1) is 0 Å². The molecule has 0 N–H and O–H groups in total. The maximum absolute atomic E-state index is 14.5. The Morgan fingerprint density at radius 2 is 1.70 bits per heavy atom. The molecule has 2 unspecified atom stereocenters. The molecule has 0 amide bonds. The molecule has 0 aromatic heterocycles. The number of hydrogen-bond donors (Lipinski definition) is 0. The van der Waals surface area contributed by atoms with Gasteiger partial charge in [-0.25, -0.2) is 8.78 Å². The first-order chi connectivity index (χ1) is 13.0. The highest BCUT2D eigenvalue weighted by Crippen LogP contribution is 2.38. The van der Waals surface area contributed by atoms with E-state index in [1.165, 1.54) is 6.07 Å². The number of unbranched alkanes of at least 4 members (excludes halogenated alkanes) is 1. The van der Waals surface area contributed by atoms with Crippen molar-refractivity contribution in [1.82, 2.24) is 0 Å². The molecule has 27 heavy (non-hydrogen) atoms. The van der Waals surface area contributed by atoms with Gasteiger partial charge in [-0.1, -0.05) is 43.7 Å². The van der Waals surface area contributed by atoms with Crippen LogP contribution in [-0.4, -0.2) is 6.61 Å². The van der Waals surface area contributed by atoms with Crippen LogP contribution in [0.1, 0.15) is 61.1 Å². The summed E-state index contributed by atoms with van der Waals surface area (Å²) in [5.74, 6) is -2.08. The molecule has 1 nitrogen and oxygen atoms in total. The largest absolute Gasteiger partial charge is 0.490 e. The second kappa shape index (κ2) is 8.64. The maximum atomic E-state index is 14.5. The summed E-state index contributed by atoms with van der Waals surface area (Å²) >= 11 is 0. The molecule has 0 spiro atoms. The van der Waals surface area contributed by atoms with Crippen LogP contribution in [0, 0.1) is 24.4 Å². The molecule has 2 aromatic rings. The molecule has 0 heterocycles. The smallest absolute Gasteiger partial charge is 0.200 e. The summed E-state index contributed by atoms with van der Waals surface area (Å²) in [7, 11) is 0. The van der Waals surface area contributed by atoms with Crippen molar-refractivity contribution in [2.75, 3.05) is 6.61 Å². The summed E-state index contributed by atoms with van der Waals surface area (Å²) in [4.78, 5) is 0. The minimum absolute atomic E-state index is 0.0301. The second-order valence-corrected chi connectivity index (χ2v) is 7.17. The van der Waals surface area contributed by atoms with Crippen molar-refractivity contribution in [3.8, 4) is 5.75 Å². The van der Waals surface area contributed by atoms with Gasteiger partial charge in [0.2, 0.25) is 5.82 Å². The van der Waals surface area contributed by atoms with Crippen LogP contribution >= 0.6 is 0 Å². The molecule has 3 rings (SSSR count). The maximum Gasteiger partial charge on any atom is 0.200 e. The van der Waals surface area contributed by atoms with Crippen LogP contribution in [0.2, 0.25) is 0 Å². The van der Waals surface area contributed by atoms with Gasteiger partial charge < -0.3 is 4.74 Å². The topological polar surface area (TPSA) is 9.23 Å². The van der Waals surface area contributed by atoms with Crippen LogP contribution in [0.15, 0.2) is 42.5 Å². The van der Waals surface area contributed by atoms with E-state index in [1.54, 1.807) is 25.1 Å². The van der Waals surface area contributed by atoms with Gasteiger partial charge in [0, 0.05) is 11.8 Å². The molecule has 0 aliphatic heterocycles. The molecule has 0 fully saturated rings. The summed E-state index contributed by atoms with van der Waals surface area (Å²) in [5.41, 5.74) is 1.88. The summed E-state index contributed by atoms with van der Waals surface area (Å²) < 4.78 is 48.0. The van der Waals surface area contributed by atoms with Gasteiger partial charge in [-0.05, 0) is 55.0 Å². The Balaban J connectivity index is 1.74. The lowest BCUT2D eigenvalue weighted by Gasteiger charge is -2.24. The van der Waals surface area contributed by atoms with E-state index < -0.39 is 11.6 Å². The van der Waals surface area contributed by atoms with E-state index in [-0.39, 0.29) is 23.4 Å². The van der Waals surface area contributed by atoms with Crippen molar-refractivity contribution >= 4 is 0 Å². The number of allylic oxidation sites excluding steroid dienone is 2. The highest BCUT2D eigenvalue weighted by Gasteiger charge is 2.24. The zero-order valence-corrected chi connectivity index (χ0v) is 15.8. The Labute approximate surface area is 158 Å². The quantitative estimate of drug-likeness (QED) is 0.399. The fourth-order valence-corrected chi connectivity index (χ4v) is 3.47. The normalized spacial score (nSPS) is 19.3. The van der Waals surface area contributed by atoms with Crippen LogP contribution < -0.4 is 4.74 Å². The van der Waals surface area contributed by atoms with Gasteiger partial charge in [0.25, 0.3) is 0 Å². The molecule has 2 atom stereocenters. The van der Waals surface area contributed by atoms with E-state index in [0.29, 0.717) is 24.2 Å². The average Bonchev–Trinajstić information content (AvgIpc) is 2.68. The SMILES string of the molecule is CCCCOc1ccc(C2C=CC(c3ccc(C)c(F)c3)CC2)c(F)c1F. The van der Waals surface area contributed by atoms with Crippen LogP contribution in [0.4, 0.5) is 13.2 Å². The van der Waals surface area contributed by atoms with Crippen molar-refractivity contribution in [3.63, 3.8) is 0 Å². The number of aryl methyl sites for hydroxylation is 1. The first-order valence-electron chi connectivity index (χ1n) is 9.56. The van der Waals surface area contributed by atoms with Gasteiger partial charge in [-0.3, -0.25) is 0 Å². The molecule has 0 saturated heterocycles. The number of rotatable bonds is 6. The van der Waals surface area contributed by atoms with E-state index in [4.69, 9.17) is 4.74 Å². The lowest BCUT2D eigenvalue weighted by Crippen LogP contribution is -2.10. The Hall–Kier alpha value is -2.23. The first-order valence-corrected chi connectivity index (χ1v) is 9.56. The lowest BCUT2D eigenvalue weighted by molar-refractivity contribution is 0.288. The van der Waals surface area contributed by atoms with Gasteiger partial charge >= 0.3 is 0 Å². The van der Waals surface area contributed by atoms with Crippen LogP contribution in [0.25, 0.3) is 0 Å². The molecule has 1 aliphatic carbocycles. The van der Waals surface area contributed by atoms with Gasteiger partial charge in [0.05, 0.1) is 6.61 Å². The third kappa shape index (κ3) is 4.37. The third-order valence-electron chi connectivity index (χ3n) is 5.22. The van der Waals surface area contributed by atoms with E-state index in [9.17, 15) is 13.2 Å². The average molecular weight is 374 g/mol. The molecule has 2 aromatic carbocycles. The van der Waals surface area contributed by atoms with E-state index in [0.717, 1.165) is 24.8 Å². The number of hydrogen-bond acceptors (Lipinski definition) is 1. The van der Waals surface area contributed by atoms with Crippen molar-refractivity contribution < 1.29 is 17.9 Å². The summed E-state index contributed by atoms with van der Waals surface area (Å²) in [6, 6.07) is 8.39. The van der Waals surface area contributed by atoms with Crippen molar-refractivity contribution in [1.29, 1.82) is 0 Å². The molecule has 1 aliphatic rings. The van der Waals surface area contributed by atoms with Crippen LogP contribution in [-0.2, 0) is 0 Å². The molecule has 0 saturated carbocycles. The van der Waals surface area contributed by atoms with Crippen LogP contribution in [0.5, 0.6) is 5.75 Å². The molecule has 144 valence electrons. The minimum atomic E-state index is -0.917. The minimum Gasteiger partial charge on any atom is -0.490 e. The standard InChI is InChI=1S/C23H25F3O/c1-3-4-13-27-21-12-11-19(22(25)23(21)26)17-9-7-16(8-10-17)18-6-5-15(2)20(24)14-18/h5-7,9,11-12,14,16-17H,3-4,8,10,13H2,1-2H3. The van der Waals surface area contributed by atoms with E-state index >= 15 is 0 Å². The third-order valence-corrected chi connectivity index (χ3v) is 5.22. The Morgan fingerprint density at radius 1 is 0.963 bits per heavy atom. The highest BCUT2D eigenvalue weighted by atomic mass is 19.2. The number of halogens is 3. The first kappa shape index (κ1) is 19.5. The van der Waals surface area contributed by atoms with Crippen molar-refractivity contribution in [2.45, 2.75) is 51.4 Å². The summed E-state index contributed by atoms with van der Waals surface area (Å²) in [5, 5.41) is 0. The molecular weight excluding hydrogens is 349 g/mol. The Bertz CT molecular complexity index is 829. The summed E-state index contributed by atoms with van der Waals surface area (Å²) in [6.07, 6.45) is 7.06. The Morgan fingerprint density at radius 3 is 2.37 bits per heavy atom. The lowest BCUT2D eigenvalue weighted by atomic mass is 9.81. The fourth-order valence-electron chi connectivity index (χ4n) is 3.47. The number of benzene rings is 2. The van der Waals surface area contributed by atoms with Crippen LogP contribution in [0.3, 0.4) is 0 Å². The zero-order valence-electron chi connectivity index (χ0n) is 15.8. The van der Waals surface area contributed by atoms with Gasteiger partial charge in [-0.2, -0.15) is 4.39 Å². The second-order valence-electron chi connectivity index (χ2n) is 7.17. The molecular formula is C23H25F3O. The fraction of sp³-hybridized carbons (Fsp3) is 0.391. The predicted molar refractivity (Wildman–Crippen MR) is 102 cm³/mol. The van der Waals surface area contributed by atoms with E-state index in [1.807, 2.05) is 25.1 Å². The highest BCUT2D eigenvalue weighted by molar-refractivity contribution is 5.37. The molecule has 4 heteroatoms. The summed E-state index contributed by atoms with van der Waals surface area (Å²) in [6.45, 7) is 4.13. The zero-order chi connectivity index (χ0) is 19.4. The van der Waals surface area contributed by atoms with Crippen molar-refractivity contribution in [3.05, 3.63) is 76.6 Å². The van der Waals surface area contributed by atoms with Crippen molar-refractivity contribution in [2.24, 2.45) is 0 Å². The Kier molecular flexibility index (Phi) is 6.25. The number of ether oxygens (including phenoxy) is 1. The predicted octanol–water partition coefficient (Wildman–Crippen LogP) is 6.81. The van der Waals surface area contributed by atoms with Gasteiger partial charge in [0.1, 0.15) is 5.82 Å². The van der Waals surface area contributed by atoms with E-state index in [2.05, 4.69) is 0 Å². The molecule has 0 radical (unpaired) electrons. The monoisotopic (exact) mass is 374 g/mol.